The molecule has 0 saturated carbocycles. The minimum atomic E-state index is -2.87. The predicted molar refractivity (Wildman–Crippen MR) is 229 cm³/mol. The summed E-state index contributed by atoms with van der Waals surface area (Å²) >= 11 is 6.50. The molecule has 4 aromatic rings. The Bertz CT molecular complexity index is 2320. The Balaban J connectivity index is 0.850. The number of alkyl halides is 2. The van der Waals surface area contributed by atoms with Crippen LogP contribution in [0.2, 0.25) is 5.02 Å². The lowest BCUT2D eigenvalue weighted by molar-refractivity contribution is -0.139. The summed E-state index contributed by atoms with van der Waals surface area (Å²) in [6, 6.07) is 12.4. The fraction of sp³-hybridized carbons (Fsp3) is 0.500. The minimum Gasteiger partial charge on any atom is -0.385 e. The van der Waals surface area contributed by atoms with E-state index in [0.717, 1.165) is 54.5 Å². The van der Waals surface area contributed by atoms with Gasteiger partial charge in [-0.1, -0.05) is 30.7 Å². The topological polar surface area (TPSA) is 162 Å². The highest BCUT2D eigenvalue weighted by atomic mass is 35.5. The maximum Gasteiger partial charge on any atom is 0.275 e. The van der Waals surface area contributed by atoms with E-state index < -0.39 is 17.9 Å². The second-order valence-electron chi connectivity index (χ2n) is 17.2. The van der Waals surface area contributed by atoms with Gasteiger partial charge in [0.1, 0.15) is 5.69 Å². The Hall–Kier alpha value is -5.19. The van der Waals surface area contributed by atoms with E-state index in [-0.39, 0.29) is 41.8 Å². The lowest BCUT2D eigenvalue weighted by atomic mass is 9.70. The van der Waals surface area contributed by atoms with Gasteiger partial charge in [0.2, 0.25) is 12.3 Å². The molecule has 8 rings (SSSR count). The fourth-order valence-corrected chi connectivity index (χ4v) is 10.3. The number of nitrogens with one attached hydrogen (secondary N) is 2. The number of nitrogens with two attached hydrogens (primary N) is 1. The first kappa shape index (κ1) is 42.5. The zero-order valence-electron chi connectivity index (χ0n) is 34.6. The van der Waals surface area contributed by atoms with Crippen LogP contribution in [0, 0.1) is 5.41 Å². The summed E-state index contributed by atoms with van der Waals surface area (Å²) < 4.78 is 33.7. The summed E-state index contributed by atoms with van der Waals surface area (Å²) in [5, 5.41) is 10.5. The number of amides is 4. The number of carbonyl (C=O) groups excluding carboxylic acids is 4. The molecule has 1 spiro atoms. The van der Waals surface area contributed by atoms with Crippen LogP contribution in [0.3, 0.4) is 0 Å². The Morgan fingerprint density at radius 1 is 1.03 bits per heavy atom. The highest BCUT2D eigenvalue weighted by Gasteiger charge is 2.50. The number of aromatic nitrogens is 3. The number of benzene rings is 2. The standard InChI is InChI=1S/C44H53ClF2N10O4/c1-28(6-9-39(59)51-27-58)32-22-29(7-8-33(32)45)42(61)55-20-14-43(15-21-55)12-18-54(19-13-43)37-11-16-53(26-44(37,46)47)25-30-4-3-5-35-31(30)10-17-56(35)38-23-34(49-2)41-50-24-36(40(48)60)57(41)52-38/h3-5,7-8,22-24,27-28,37,49H,6,9-21,25-26H2,1-2H3,(H2,48,60)(H,51,58,59). The van der Waals surface area contributed by atoms with E-state index in [4.69, 9.17) is 22.4 Å². The van der Waals surface area contributed by atoms with Crippen molar-refractivity contribution in [2.75, 3.05) is 63.1 Å². The van der Waals surface area contributed by atoms with Crippen molar-refractivity contribution in [3.05, 3.63) is 81.6 Å². The van der Waals surface area contributed by atoms with E-state index in [1.165, 1.54) is 10.7 Å². The highest BCUT2D eigenvalue weighted by molar-refractivity contribution is 6.31. The highest BCUT2D eigenvalue weighted by Crippen LogP contribution is 2.45. The van der Waals surface area contributed by atoms with Crippen molar-refractivity contribution in [2.45, 2.75) is 82.7 Å². The number of piperidine rings is 3. The van der Waals surface area contributed by atoms with Crippen LogP contribution >= 0.6 is 11.6 Å². The van der Waals surface area contributed by atoms with Gasteiger partial charge in [0.05, 0.1) is 24.5 Å². The molecule has 2 aromatic heterocycles. The van der Waals surface area contributed by atoms with Crippen LogP contribution in [0.25, 0.3) is 5.65 Å². The minimum absolute atomic E-state index is 0.0331. The quantitative estimate of drug-likeness (QED) is 0.153. The van der Waals surface area contributed by atoms with Crippen molar-refractivity contribution >= 4 is 58.6 Å². The molecule has 61 heavy (non-hydrogen) atoms. The number of hydrogen-bond donors (Lipinski definition) is 3. The number of fused-ring (bicyclic) bond motifs is 2. The molecule has 14 nitrogen and oxygen atoms in total. The van der Waals surface area contributed by atoms with Crippen LogP contribution in [0.4, 0.5) is 26.0 Å². The van der Waals surface area contributed by atoms with Gasteiger partial charge in [0.15, 0.2) is 11.5 Å². The summed E-state index contributed by atoms with van der Waals surface area (Å²) in [5.74, 6) is -3.39. The molecule has 2 atom stereocenters. The van der Waals surface area contributed by atoms with E-state index in [1.54, 1.807) is 19.2 Å². The van der Waals surface area contributed by atoms with Gasteiger partial charge in [-0.05, 0) is 110 Å². The van der Waals surface area contributed by atoms with Gasteiger partial charge in [-0.2, -0.15) is 0 Å². The van der Waals surface area contributed by atoms with Gasteiger partial charge in [-0.15, -0.1) is 5.10 Å². The van der Waals surface area contributed by atoms with Gasteiger partial charge in [-0.3, -0.25) is 34.3 Å². The molecule has 0 radical (unpaired) electrons. The van der Waals surface area contributed by atoms with Crippen molar-refractivity contribution in [1.82, 2.24) is 34.6 Å². The van der Waals surface area contributed by atoms with Gasteiger partial charge in [0, 0.05) is 68.5 Å². The monoisotopic (exact) mass is 858 g/mol. The molecular weight excluding hydrogens is 806 g/mol. The second kappa shape index (κ2) is 17.3. The zero-order valence-corrected chi connectivity index (χ0v) is 35.4. The number of rotatable bonds is 12. The number of likely N-dealkylation sites (tertiary alicyclic amines) is 3. The molecule has 324 valence electrons. The lowest BCUT2D eigenvalue weighted by Gasteiger charge is -2.51. The third-order valence-electron chi connectivity index (χ3n) is 13.6. The molecule has 17 heteroatoms. The van der Waals surface area contributed by atoms with Gasteiger partial charge in [0.25, 0.3) is 17.7 Å². The maximum atomic E-state index is 16.1. The zero-order chi connectivity index (χ0) is 43.1. The van der Waals surface area contributed by atoms with Crippen LogP contribution in [0.5, 0.6) is 0 Å². The number of halogens is 3. The normalized spacial score (nSPS) is 20.7. The first-order valence-corrected chi connectivity index (χ1v) is 21.6. The summed E-state index contributed by atoms with van der Waals surface area (Å²) in [7, 11) is 1.78. The summed E-state index contributed by atoms with van der Waals surface area (Å²) in [6.07, 6.45) is 6.89. The molecule has 2 unspecified atom stereocenters. The summed E-state index contributed by atoms with van der Waals surface area (Å²) in [6.45, 7) is 5.75. The molecular formula is C44H53ClF2N10O4. The van der Waals surface area contributed by atoms with Gasteiger partial charge >= 0.3 is 0 Å². The second-order valence-corrected chi connectivity index (χ2v) is 17.6. The van der Waals surface area contributed by atoms with Gasteiger partial charge in [-0.25, -0.2) is 18.3 Å². The largest absolute Gasteiger partial charge is 0.385 e. The smallest absolute Gasteiger partial charge is 0.275 e. The molecule has 4 aliphatic rings. The van der Waals surface area contributed by atoms with Crippen LogP contribution in [0.1, 0.15) is 95.3 Å². The number of anilines is 3. The van der Waals surface area contributed by atoms with Crippen LogP contribution < -0.4 is 21.3 Å². The van der Waals surface area contributed by atoms with Crippen LogP contribution in [0.15, 0.2) is 48.7 Å². The Morgan fingerprint density at radius 3 is 2.49 bits per heavy atom. The van der Waals surface area contributed by atoms with Crippen molar-refractivity contribution < 1.29 is 28.0 Å². The maximum absolute atomic E-state index is 16.1. The number of nitrogens with zero attached hydrogens (tertiary/aromatic N) is 7. The summed E-state index contributed by atoms with van der Waals surface area (Å²) in [5.41, 5.74) is 11.4. The first-order chi connectivity index (χ1) is 29.3. The van der Waals surface area contributed by atoms with Crippen molar-refractivity contribution in [2.24, 2.45) is 11.1 Å². The Labute approximate surface area is 358 Å². The molecule has 2 aromatic carbocycles. The SMILES string of the molecule is CNc1cc(N2CCc3c(CN4CCC(N5CCC6(CCN(C(=O)c7ccc(Cl)c(C(C)CCC(=O)NC=O)c7)CC6)CC5)C(F)(F)C4)cccc32)nn2c(C(N)=O)cnc12. The van der Waals surface area contributed by atoms with Crippen molar-refractivity contribution in [1.29, 1.82) is 0 Å². The lowest BCUT2D eigenvalue weighted by Crippen LogP contribution is -2.60. The van der Waals surface area contributed by atoms with E-state index in [2.05, 4.69) is 20.5 Å². The number of carbonyl (C=O) groups is 4. The molecule has 4 aliphatic heterocycles. The van der Waals surface area contributed by atoms with E-state index in [0.29, 0.717) is 92.8 Å². The first-order valence-electron chi connectivity index (χ1n) is 21.2. The predicted octanol–water partition coefficient (Wildman–Crippen LogP) is 5.60. The van der Waals surface area contributed by atoms with Crippen LogP contribution in [-0.2, 0) is 22.6 Å². The molecule has 0 bridgehead atoms. The average molecular weight is 859 g/mol. The van der Waals surface area contributed by atoms with Crippen molar-refractivity contribution in [3.8, 4) is 0 Å². The average Bonchev–Trinajstić information content (AvgIpc) is 3.89. The van der Waals surface area contributed by atoms with Crippen LogP contribution in [-0.4, -0.2) is 118 Å². The number of imide groups is 1. The van der Waals surface area contributed by atoms with E-state index in [1.807, 2.05) is 52.0 Å². The third kappa shape index (κ3) is 8.54. The number of hydrogen-bond acceptors (Lipinski definition) is 10. The third-order valence-corrected chi connectivity index (χ3v) is 14.0. The fourth-order valence-electron chi connectivity index (χ4n) is 10.0. The molecule has 3 fully saturated rings. The number of imidazole rings is 1. The Kier molecular flexibility index (Phi) is 12.0. The van der Waals surface area contributed by atoms with Gasteiger partial charge < -0.3 is 20.9 Å². The number of primary amides is 1. The molecule has 4 amide bonds. The molecule has 6 heterocycles. The molecule has 0 aliphatic carbocycles. The van der Waals surface area contributed by atoms with E-state index >= 15 is 8.78 Å². The van der Waals surface area contributed by atoms with E-state index in [9.17, 15) is 19.2 Å². The molecule has 4 N–H and O–H groups in total. The summed E-state index contributed by atoms with van der Waals surface area (Å²) in [4.78, 5) is 60.3. The van der Waals surface area contributed by atoms with Crippen molar-refractivity contribution in [3.63, 3.8) is 0 Å². The molecule has 3 saturated heterocycles. The Morgan fingerprint density at radius 2 is 1.79 bits per heavy atom.